The van der Waals surface area contributed by atoms with Crippen molar-refractivity contribution >= 4 is 57.1 Å². The van der Waals surface area contributed by atoms with Gasteiger partial charge in [-0.2, -0.15) is 0 Å². The van der Waals surface area contributed by atoms with Gasteiger partial charge < -0.3 is 15.2 Å². The smallest absolute Gasteiger partial charge is 0.258 e. The number of anilines is 2. The van der Waals surface area contributed by atoms with Gasteiger partial charge in [-0.1, -0.05) is 48.5 Å². The molecular formula is C30H29N5O3S. The molecule has 5 rings (SSSR count). The topological polar surface area (TPSA) is 110 Å². The van der Waals surface area contributed by atoms with E-state index in [1.807, 2.05) is 42.5 Å². The molecule has 1 aromatic heterocycles. The molecule has 2 heterocycles. The zero-order valence-corrected chi connectivity index (χ0v) is 22.6. The fourth-order valence-electron chi connectivity index (χ4n) is 4.60. The molecule has 0 radical (unpaired) electrons. The molecule has 0 aliphatic carbocycles. The van der Waals surface area contributed by atoms with Crippen LogP contribution >= 0.6 is 11.8 Å². The molecule has 0 saturated heterocycles. The molecule has 1 atom stereocenters. The summed E-state index contributed by atoms with van der Waals surface area (Å²) < 4.78 is 1.79. The Balaban J connectivity index is 1.39. The molecule has 3 amide bonds. The van der Waals surface area contributed by atoms with E-state index in [9.17, 15) is 14.4 Å². The predicted molar refractivity (Wildman–Crippen MR) is 157 cm³/mol. The Morgan fingerprint density at radius 2 is 1.82 bits per heavy atom. The van der Waals surface area contributed by atoms with E-state index >= 15 is 0 Å². The van der Waals surface area contributed by atoms with Gasteiger partial charge in [0.2, 0.25) is 17.8 Å². The lowest BCUT2D eigenvalue weighted by Gasteiger charge is -2.17. The van der Waals surface area contributed by atoms with Crippen molar-refractivity contribution in [3.63, 3.8) is 0 Å². The number of fused-ring (bicyclic) bond motifs is 1. The van der Waals surface area contributed by atoms with Gasteiger partial charge in [-0.3, -0.25) is 19.7 Å². The number of amides is 3. The number of benzene rings is 3. The summed E-state index contributed by atoms with van der Waals surface area (Å²) >= 11 is 1.54. The van der Waals surface area contributed by atoms with Crippen LogP contribution in [-0.2, 0) is 16.1 Å². The number of nitrogens with one attached hydrogen (secondary N) is 1. The molecular weight excluding hydrogens is 510 g/mol. The van der Waals surface area contributed by atoms with Crippen LogP contribution in [0.5, 0.6) is 0 Å². The number of nitrogens with two attached hydrogens (primary N) is 1. The Morgan fingerprint density at radius 1 is 1.08 bits per heavy atom. The maximum atomic E-state index is 13.3. The van der Waals surface area contributed by atoms with Crippen molar-refractivity contribution in [1.82, 2.24) is 9.55 Å². The Morgan fingerprint density at radius 3 is 2.56 bits per heavy atom. The molecule has 9 heteroatoms. The quantitative estimate of drug-likeness (QED) is 0.328. The Labute approximate surface area is 230 Å². The van der Waals surface area contributed by atoms with E-state index in [2.05, 4.69) is 35.4 Å². The van der Waals surface area contributed by atoms with Crippen molar-refractivity contribution in [3.8, 4) is 0 Å². The van der Waals surface area contributed by atoms with Crippen LogP contribution in [0.3, 0.4) is 0 Å². The summed E-state index contributed by atoms with van der Waals surface area (Å²) in [4.78, 5) is 45.2. The molecule has 1 aliphatic rings. The van der Waals surface area contributed by atoms with Gasteiger partial charge in [0.05, 0.1) is 16.3 Å². The third kappa shape index (κ3) is 5.58. The molecule has 1 unspecified atom stereocenters. The first kappa shape index (κ1) is 26.2. The minimum atomic E-state index is -0.447. The number of nitrogens with zero attached hydrogens (tertiary/aromatic N) is 3. The van der Waals surface area contributed by atoms with Crippen LogP contribution in [0.15, 0.2) is 78.9 Å². The molecule has 39 heavy (non-hydrogen) atoms. The van der Waals surface area contributed by atoms with Crippen LogP contribution in [0.25, 0.3) is 15.9 Å². The summed E-state index contributed by atoms with van der Waals surface area (Å²) in [6, 6.07) is 22.6. The molecule has 198 valence electrons. The summed E-state index contributed by atoms with van der Waals surface area (Å²) in [7, 11) is 1.71. The molecule has 0 spiro atoms. The first-order valence-electron chi connectivity index (χ1n) is 12.7. The Kier molecular flexibility index (Phi) is 7.51. The van der Waals surface area contributed by atoms with Crippen LogP contribution < -0.4 is 16.0 Å². The maximum absolute atomic E-state index is 13.3. The summed E-state index contributed by atoms with van der Waals surface area (Å²) in [6.07, 6.45) is 2.80. The number of hydrogen-bond acceptors (Lipinski definition) is 5. The molecule has 0 fully saturated rings. The van der Waals surface area contributed by atoms with E-state index in [1.165, 1.54) is 11.8 Å². The Bertz CT molecular complexity index is 1590. The largest absolute Gasteiger partial charge is 0.370 e. The molecule has 3 N–H and O–H groups in total. The van der Waals surface area contributed by atoms with Crippen molar-refractivity contribution in [2.24, 2.45) is 5.73 Å². The number of carbonyl (C=O) groups excluding carboxylic acids is 3. The van der Waals surface area contributed by atoms with Crippen LogP contribution in [0, 0.1) is 6.92 Å². The van der Waals surface area contributed by atoms with Gasteiger partial charge >= 0.3 is 0 Å². The standard InChI is InChI=1S/C30H29N5O3S/c1-19-8-6-7-11-22(19)25-14-15-26(39-25)28(37)33-30-32-23-18-21(12-13-24(23)35(30)17-16-27(31)36)34(2)29(38)20-9-4-3-5-10-20/h3-14,18,26H,15-17H2,1-2H3,(H2,31,36)(H,32,33,37). The average molecular weight is 540 g/mol. The lowest BCUT2D eigenvalue weighted by molar-refractivity contribution is -0.118. The van der Waals surface area contributed by atoms with Crippen LogP contribution in [0.4, 0.5) is 11.6 Å². The van der Waals surface area contributed by atoms with E-state index < -0.39 is 5.91 Å². The second-order valence-corrected chi connectivity index (χ2v) is 10.7. The van der Waals surface area contributed by atoms with Crippen LogP contribution in [0.1, 0.15) is 34.3 Å². The number of aromatic nitrogens is 2. The monoisotopic (exact) mass is 539 g/mol. The number of primary amides is 1. The highest BCUT2D eigenvalue weighted by atomic mass is 32.2. The molecule has 0 bridgehead atoms. The van der Waals surface area contributed by atoms with Crippen LogP contribution in [0.2, 0.25) is 0 Å². The van der Waals surface area contributed by atoms with E-state index in [-0.39, 0.29) is 30.0 Å². The second kappa shape index (κ2) is 11.2. The van der Waals surface area contributed by atoms with Gasteiger partial charge in [-0.15, -0.1) is 11.8 Å². The molecule has 3 aromatic carbocycles. The highest BCUT2D eigenvalue weighted by molar-refractivity contribution is 8.09. The number of allylic oxidation sites excluding steroid dienone is 1. The molecule has 4 aromatic rings. The minimum absolute atomic E-state index is 0.0969. The number of aryl methyl sites for hydroxylation is 2. The maximum Gasteiger partial charge on any atom is 0.258 e. The lowest BCUT2D eigenvalue weighted by Crippen LogP contribution is -2.26. The van der Waals surface area contributed by atoms with Gasteiger partial charge in [-0.25, -0.2) is 4.98 Å². The third-order valence-corrected chi connectivity index (χ3v) is 8.08. The fraction of sp³-hybridized carbons (Fsp3) is 0.200. The summed E-state index contributed by atoms with van der Waals surface area (Å²) in [5.41, 5.74) is 10.3. The number of thioether (sulfide) groups is 1. The normalized spacial score (nSPS) is 14.7. The van der Waals surface area contributed by atoms with Crippen molar-refractivity contribution in [3.05, 3.63) is 95.6 Å². The zero-order valence-electron chi connectivity index (χ0n) is 21.8. The average Bonchev–Trinajstić information content (AvgIpc) is 3.56. The zero-order chi connectivity index (χ0) is 27.5. The lowest BCUT2D eigenvalue weighted by atomic mass is 10.1. The van der Waals surface area contributed by atoms with Crippen molar-refractivity contribution in [2.75, 3.05) is 17.3 Å². The summed E-state index contributed by atoms with van der Waals surface area (Å²) in [5, 5.41) is 2.68. The minimum Gasteiger partial charge on any atom is -0.370 e. The van der Waals surface area contributed by atoms with Gasteiger partial charge in [-0.05, 0) is 54.8 Å². The first-order valence-corrected chi connectivity index (χ1v) is 13.5. The SMILES string of the molecule is Cc1ccccc1C1=CCC(C(=O)Nc2nc3cc(N(C)C(=O)c4ccccc4)ccc3n2CCC(N)=O)S1. The van der Waals surface area contributed by atoms with Gasteiger partial charge in [0.15, 0.2) is 0 Å². The fourth-order valence-corrected chi connectivity index (χ4v) is 5.81. The predicted octanol–water partition coefficient (Wildman–Crippen LogP) is 4.98. The molecule has 0 saturated carbocycles. The summed E-state index contributed by atoms with van der Waals surface area (Å²) in [5.74, 6) is -0.411. The molecule has 8 nitrogen and oxygen atoms in total. The molecule has 1 aliphatic heterocycles. The van der Waals surface area contributed by atoms with Gasteiger partial charge in [0.1, 0.15) is 0 Å². The second-order valence-electron chi connectivity index (χ2n) is 9.42. The third-order valence-electron chi connectivity index (χ3n) is 6.75. The van der Waals surface area contributed by atoms with E-state index in [1.54, 1.807) is 34.7 Å². The number of rotatable bonds is 8. The van der Waals surface area contributed by atoms with E-state index in [0.717, 1.165) is 21.5 Å². The van der Waals surface area contributed by atoms with Crippen LogP contribution in [-0.4, -0.2) is 39.6 Å². The van der Waals surface area contributed by atoms with Crippen molar-refractivity contribution in [2.45, 2.75) is 31.6 Å². The highest BCUT2D eigenvalue weighted by Crippen LogP contribution is 2.41. The Hall–Kier alpha value is -4.37. The van der Waals surface area contributed by atoms with Crippen molar-refractivity contribution in [1.29, 1.82) is 0 Å². The van der Waals surface area contributed by atoms with E-state index in [4.69, 9.17) is 5.73 Å². The van der Waals surface area contributed by atoms with Gasteiger partial charge in [0, 0.05) is 36.2 Å². The highest BCUT2D eigenvalue weighted by Gasteiger charge is 2.28. The van der Waals surface area contributed by atoms with Crippen molar-refractivity contribution < 1.29 is 14.4 Å². The number of hydrogen-bond donors (Lipinski definition) is 2. The van der Waals surface area contributed by atoms with Gasteiger partial charge in [0.25, 0.3) is 5.91 Å². The number of carbonyl (C=O) groups is 3. The van der Waals surface area contributed by atoms with E-state index in [0.29, 0.717) is 29.1 Å². The number of imidazole rings is 1. The summed E-state index contributed by atoms with van der Waals surface area (Å²) in [6.45, 7) is 2.33. The first-order chi connectivity index (χ1) is 18.8.